The molecule has 7 nitrogen and oxygen atoms in total. The van der Waals surface area contributed by atoms with E-state index in [4.69, 9.17) is 5.73 Å². The van der Waals surface area contributed by atoms with Gasteiger partial charge in [0.15, 0.2) is 0 Å². The summed E-state index contributed by atoms with van der Waals surface area (Å²) in [5.74, 6) is -0.628. The van der Waals surface area contributed by atoms with Crippen LogP contribution >= 0.6 is 15.9 Å². The lowest BCUT2D eigenvalue weighted by atomic mass is 10.2. The number of para-hydroxylation sites is 2. The third-order valence-corrected chi connectivity index (χ3v) is 3.42. The topological polar surface area (TPSA) is 110 Å². The first-order valence-electron chi connectivity index (χ1n) is 5.74. The number of nitrogens with zero attached hydrogens (tertiary/aromatic N) is 2. The first-order chi connectivity index (χ1) is 9.93. The molecule has 0 aliphatic carbocycles. The van der Waals surface area contributed by atoms with Crippen molar-refractivity contribution < 1.29 is 14.8 Å². The molecule has 0 aliphatic heterocycles. The van der Waals surface area contributed by atoms with Gasteiger partial charge < -0.3 is 10.8 Å². The minimum absolute atomic E-state index is 0.0661. The summed E-state index contributed by atoms with van der Waals surface area (Å²) in [6, 6.07) is 9.67. The number of phenolic OH excluding ortho intramolecular Hbond substituents is 1. The number of primary amides is 1. The maximum Gasteiger partial charge on any atom is 0.324 e. The smallest absolute Gasteiger partial charge is 0.324 e. The van der Waals surface area contributed by atoms with Gasteiger partial charge in [-0.2, -0.15) is 0 Å². The number of halogens is 1. The molecule has 3 N–H and O–H groups in total. The van der Waals surface area contributed by atoms with Crippen molar-refractivity contribution in [3.63, 3.8) is 0 Å². The second kappa shape index (κ2) is 5.80. The number of urea groups is 1. The summed E-state index contributed by atoms with van der Waals surface area (Å²) in [6.45, 7) is 0. The van der Waals surface area contributed by atoms with E-state index in [0.717, 1.165) is 11.0 Å². The molecule has 0 aromatic heterocycles. The number of hydrogen-bond acceptors (Lipinski definition) is 4. The maximum atomic E-state index is 11.7. The third kappa shape index (κ3) is 2.79. The van der Waals surface area contributed by atoms with Crippen molar-refractivity contribution in [2.45, 2.75) is 0 Å². The SMILES string of the molecule is NC(=O)N(c1ccccc1Br)c1cccc([N+](=O)[O-])c1O. The Morgan fingerprint density at radius 3 is 2.38 bits per heavy atom. The second-order valence-electron chi connectivity index (χ2n) is 4.03. The number of anilines is 2. The van der Waals surface area contributed by atoms with Gasteiger partial charge in [0.25, 0.3) is 0 Å². The largest absolute Gasteiger partial charge is 0.501 e. The normalized spacial score (nSPS) is 10.1. The van der Waals surface area contributed by atoms with Crippen molar-refractivity contribution in [3.05, 3.63) is 57.1 Å². The van der Waals surface area contributed by atoms with Crippen LogP contribution in [0.5, 0.6) is 5.75 Å². The van der Waals surface area contributed by atoms with Crippen LogP contribution in [0.4, 0.5) is 21.9 Å². The Morgan fingerprint density at radius 2 is 1.81 bits per heavy atom. The number of carbonyl (C=O) groups excluding carboxylic acids is 1. The van der Waals surface area contributed by atoms with E-state index >= 15 is 0 Å². The van der Waals surface area contributed by atoms with E-state index in [-0.39, 0.29) is 5.69 Å². The molecule has 2 rings (SSSR count). The van der Waals surface area contributed by atoms with Crippen LogP contribution in [0.1, 0.15) is 0 Å². The maximum absolute atomic E-state index is 11.7. The first kappa shape index (κ1) is 14.8. The Bertz CT molecular complexity index is 720. The first-order valence-corrected chi connectivity index (χ1v) is 6.53. The highest BCUT2D eigenvalue weighted by Gasteiger charge is 2.25. The number of rotatable bonds is 3. The molecule has 21 heavy (non-hydrogen) atoms. The summed E-state index contributed by atoms with van der Waals surface area (Å²) in [5, 5.41) is 20.9. The number of nitrogens with two attached hydrogens (primary N) is 1. The van der Waals surface area contributed by atoms with Gasteiger partial charge in [0.05, 0.1) is 16.3 Å². The van der Waals surface area contributed by atoms with Crippen LogP contribution in [0.3, 0.4) is 0 Å². The zero-order chi connectivity index (χ0) is 15.6. The van der Waals surface area contributed by atoms with E-state index in [1.165, 1.54) is 12.1 Å². The van der Waals surface area contributed by atoms with Crippen LogP contribution in [0.15, 0.2) is 46.9 Å². The predicted octanol–water partition coefficient (Wildman–Crippen LogP) is 3.28. The Balaban J connectivity index is 2.66. The molecule has 108 valence electrons. The number of amides is 2. The van der Waals surface area contributed by atoms with Crippen molar-refractivity contribution in [2.24, 2.45) is 5.73 Å². The van der Waals surface area contributed by atoms with Crippen LogP contribution < -0.4 is 10.6 Å². The Labute approximate surface area is 127 Å². The fourth-order valence-electron chi connectivity index (χ4n) is 1.85. The van der Waals surface area contributed by atoms with Crippen LogP contribution in [0.2, 0.25) is 0 Å². The lowest BCUT2D eigenvalue weighted by molar-refractivity contribution is -0.385. The van der Waals surface area contributed by atoms with Crippen LogP contribution in [0.25, 0.3) is 0 Å². The van der Waals surface area contributed by atoms with Crippen LogP contribution in [-0.4, -0.2) is 16.1 Å². The van der Waals surface area contributed by atoms with Gasteiger partial charge in [-0.3, -0.25) is 15.0 Å². The number of nitro benzene ring substituents is 1. The molecule has 0 heterocycles. The average Bonchev–Trinajstić information content (AvgIpc) is 2.42. The lowest BCUT2D eigenvalue weighted by Gasteiger charge is -2.22. The van der Waals surface area contributed by atoms with E-state index in [1.54, 1.807) is 24.3 Å². The molecule has 8 heteroatoms. The second-order valence-corrected chi connectivity index (χ2v) is 4.88. The summed E-state index contributed by atoms with van der Waals surface area (Å²) < 4.78 is 0.551. The molecule has 0 spiro atoms. The summed E-state index contributed by atoms with van der Waals surface area (Å²) in [4.78, 5) is 22.9. The molecule has 2 amide bonds. The van der Waals surface area contributed by atoms with E-state index in [9.17, 15) is 20.0 Å². The number of aromatic hydroxyl groups is 1. The number of carbonyl (C=O) groups is 1. The fraction of sp³-hybridized carbons (Fsp3) is 0. The minimum Gasteiger partial charge on any atom is -0.501 e. The quantitative estimate of drug-likeness (QED) is 0.652. The highest BCUT2D eigenvalue weighted by atomic mass is 79.9. The van der Waals surface area contributed by atoms with E-state index < -0.39 is 22.4 Å². The molecule has 0 bridgehead atoms. The van der Waals surface area contributed by atoms with Crippen molar-refractivity contribution in [2.75, 3.05) is 4.90 Å². The zero-order valence-electron chi connectivity index (χ0n) is 10.6. The van der Waals surface area contributed by atoms with Crippen molar-refractivity contribution >= 4 is 39.0 Å². The highest BCUT2D eigenvalue weighted by molar-refractivity contribution is 9.10. The molecule has 0 fully saturated rings. The molecule has 0 unspecified atom stereocenters. The van der Waals surface area contributed by atoms with Gasteiger partial charge in [-0.1, -0.05) is 18.2 Å². The summed E-state index contributed by atoms with van der Waals surface area (Å²) >= 11 is 3.27. The van der Waals surface area contributed by atoms with Crippen LogP contribution in [-0.2, 0) is 0 Å². The van der Waals surface area contributed by atoms with Gasteiger partial charge in [0, 0.05) is 10.5 Å². The summed E-state index contributed by atoms with van der Waals surface area (Å²) in [7, 11) is 0. The predicted molar refractivity (Wildman–Crippen MR) is 80.6 cm³/mol. The molecule has 0 saturated heterocycles. The van der Waals surface area contributed by atoms with Crippen molar-refractivity contribution in [1.29, 1.82) is 0 Å². The van der Waals surface area contributed by atoms with Crippen LogP contribution in [0, 0.1) is 10.1 Å². The Morgan fingerprint density at radius 1 is 1.19 bits per heavy atom. The molecule has 0 saturated carbocycles. The Hall–Kier alpha value is -2.61. The van der Waals surface area contributed by atoms with Crippen molar-refractivity contribution in [3.8, 4) is 5.75 Å². The van der Waals surface area contributed by atoms with Gasteiger partial charge in [0.1, 0.15) is 0 Å². The fourth-order valence-corrected chi connectivity index (χ4v) is 2.31. The van der Waals surface area contributed by atoms with Gasteiger partial charge in [-0.05, 0) is 34.1 Å². The summed E-state index contributed by atoms with van der Waals surface area (Å²) in [5.41, 5.74) is 5.14. The average molecular weight is 352 g/mol. The van der Waals surface area contributed by atoms with E-state index in [0.29, 0.717) is 10.2 Å². The molecule has 2 aromatic carbocycles. The van der Waals surface area contributed by atoms with Gasteiger partial charge >= 0.3 is 11.7 Å². The molecule has 0 aliphatic rings. The van der Waals surface area contributed by atoms with E-state index in [1.807, 2.05) is 0 Å². The highest BCUT2D eigenvalue weighted by Crippen LogP contribution is 2.41. The molecule has 0 radical (unpaired) electrons. The molecule has 0 atom stereocenters. The molecular formula is C13H10BrN3O4. The number of phenols is 1. The Kier molecular flexibility index (Phi) is 4.08. The van der Waals surface area contributed by atoms with Crippen molar-refractivity contribution in [1.82, 2.24) is 0 Å². The van der Waals surface area contributed by atoms with Gasteiger partial charge in [-0.15, -0.1) is 0 Å². The lowest BCUT2D eigenvalue weighted by Crippen LogP contribution is -2.31. The standard InChI is InChI=1S/C13H10BrN3O4/c14-8-4-1-2-5-9(8)16(13(15)19)10-6-3-7-11(12(10)18)17(20)21/h1-7,18H,(H2,15,19). The summed E-state index contributed by atoms with van der Waals surface area (Å²) in [6.07, 6.45) is 0. The molecule has 2 aromatic rings. The monoisotopic (exact) mass is 351 g/mol. The number of benzene rings is 2. The zero-order valence-corrected chi connectivity index (χ0v) is 12.1. The van der Waals surface area contributed by atoms with E-state index in [2.05, 4.69) is 15.9 Å². The number of nitro groups is 1. The third-order valence-electron chi connectivity index (χ3n) is 2.74. The number of hydrogen-bond donors (Lipinski definition) is 2. The van der Waals surface area contributed by atoms with Gasteiger partial charge in [-0.25, -0.2) is 4.79 Å². The minimum atomic E-state index is -0.877. The van der Waals surface area contributed by atoms with Gasteiger partial charge in [0.2, 0.25) is 5.75 Å². The molecular weight excluding hydrogens is 342 g/mol.